The predicted octanol–water partition coefficient (Wildman–Crippen LogP) is 2.05. The molecule has 0 aromatic carbocycles. The quantitative estimate of drug-likeness (QED) is 0.603. The summed E-state index contributed by atoms with van der Waals surface area (Å²) in [5.74, 6) is 0.498. The molecule has 1 aliphatic rings. The first kappa shape index (κ1) is 14.3. The van der Waals surface area contributed by atoms with E-state index in [0.29, 0.717) is 18.9 Å². The number of rotatable bonds is 2. The van der Waals surface area contributed by atoms with Gasteiger partial charge in [0.2, 0.25) is 0 Å². The molecule has 5 nitrogen and oxygen atoms in total. The molecule has 1 rings (SSSR count). The Hall–Kier alpha value is -1.78. The molecule has 0 bridgehead atoms. The van der Waals surface area contributed by atoms with Gasteiger partial charge >= 0.3 is 6.09 Å². The largest absolute Gasteiger partial charge is 0.443 e. The first-order valence-corrected chi connectivity index (χ1v) is 6.01. The van der Waals surface area contributed by atoms with E-state index in [9.17, 15) is 4.79 Å². The maximum Gasteiger partial charge on any atom is 0.414 e. The minimum absolute atomic E-state index is 0.361. The lowest BCUT2D eigenvalue weighted by Gasteiger charge is -2.26. The Labute approximate surface area is 108 Å². The van der Waals surface area contributed by atoms with Crippen LogP contribution in [0.4, 0.5) is 4.79 Å². The van der Waals surface area contributed by atoms with Crippen molar-refractivity contribution >= 4 is 11.9 Å². The van der Waals surface area contributed by atoms with Crippen LogP contribution in [0.2, 0.25) is 0 Å². The highest BCUT2D eigenvalue weighted by Gasteiger charge is 2.21. The van der Waals surface area contributed by atoms with Crippen LogP contribution in [-0.2, 0) is 4.74 Å². The number of hydrogen-bond acceptors (Lipinski definition) is 3. The minimum Gasteiger partial charge on any atom is -0.443 e. The van der Waals surface area contributed by atoms with Crippen molar-refractivity contribution in [3.05, 3.63) is 23.9 Å². The highest BCUT2D eigenvalue weighted by atomic mass is 16.6. The minimum atomic E-state index is -0.488. The molecule has 0 aliphatic carbocycles. The van der Waals surface area contributed by atoms with Crippen molar-refractivity contribution in [1.29, 1.82) is 0 Å². The molecule has 1 amide bonds. The zero-order valence-corrected chi connectivity index (χ0v) is 11.4. The maximum atomic E-state index is 11.8. The summed E-state index contributed by atoms with van der Waals surface area (Å²) < 4.78 is 5.27. The number of nitrogens with zero attached hydrogens (tertiary/aromatic N) is 2. The highest BCUT2D eigenvalue weighted by molar-refractivity contribution is 5.99. The summed E-state index contributed by atoms with van der Waals surface area (Å²) in [6.07, 6.45) is 4.93. The molecule has 0 unspecified atom stereocenters. The molecule has 0 aromatic rings. The fourth-order valence-corrected chi connectivity index (χ4v) is 1.40. The Morgan fingerprint density at radius 2 is 2.22 bits per heavy atom. The monoisotopic (exact) mass is 251 g/mol. The summed E-state index contributed by atoms with van der Waals surface area (Å²) in [6, 6.07) is 0. The van der Waals surface area contributed by atoms with Gasteiger partial charge in [-0.25, -0.2) is 4.79 Å². The molecule has 0 spiro atoms. The van der Waals surface area contributed by atoms with E-state index in [2.05, 4.69) is 4.99 Å². The summed E-state index contributed by atoms with van der Waals surface area (Å²) in [5.41, 5.74) is 6.13. The summed E-state index contributed by atoms with van der Waals surface area (Å²) in [5, 5.41) is 0. The summed E-state index contributed by atoms with van der Waals surface area (Å²) >= 11 is 0. The van der Waals surface area contributed by atoms with E-state index in [1.54, 1.807) is 12.3 Å². The highest BCUT2D eigenvalue weighted by Crippen LogP contribution is 2.13. The number of ether oxygens (including phenoxy) is 1. The third-order valence-corrected chi connectivity index (χ3v) is 2.19. The number of amidine groups is 1. The molecule has 2 N–H and O–H groups in total. The molecule has 0 radical (unpaired) electrons. The zero-order valence-electron chi connectivity index (χ0n) is 11.4. The van der Waals surface area contributed by atoms with Crippen molar-refractivity contribution in [2.75, 3.05) is 13.1 Å². The topological polar surface area (TPSA) is 67.9 Å². The molecule has 0 aromatic heterocycles. The van der Waals surface area contributed by atoms with Gasteiger partial charge in [-0.2, -0.15) is 0 Å². The Kier molecular flexibility index (Phi) is 4.53. The van der Waals surface area contributed by atoms with E-state index in [1.807, 2.05) is 33.8 Å². The normalized spacial score (nSPS) is 16.6. The molecule has 1 aliphatic heterocycles. The maximum absolute atomic E-state index is 11.8. The smallest absolute Gasteiger partial charge is 0.414 e. The summed E-state index contributed by atoms with van der Waals surface area (Å²) in [7, 11) is 0. The van der Waals surface area contributed by atoms with Crippen LogP contribution in [0, 0.1) is 0 Å². The molecule has 18 heavy (non-hydrogen) atoms. The molecule has 100 valence electrons. The van der Waals surface area contributed by atoms with Crippen molar-refractivity contribution in [3.8, 4) is 0 Å². The lowest BCUT2D eigenvalue weighted by atomic mass is 10.1. The second kappa shape index (κ2) is 5.71. The molecule has 0 saturated heterocycles. The lowest BCUT2D eigenvalue weighted by molar-refractivity contribution is 0.0350. The van der Waals surface area contributed by atoms with Crippen molar-refractivity contribution in [2.45, 2.75) is 33.3 Å². The van der Waals surface area contributed by atoms with Crippen molar-refractivity contribution in [2.24, 2.45) is 10.7 Å². The lowest BCUT2D eigenvalue weighted by Crippen LogP contribution is -2.35. The Bertz CT molecular complexity index is 403. The van der Waals surface area contributed by atoms with Crippen molar-refractivity contribution in [3.63, 3.8) is 0 Å². The third-order valence-electron chi connectivity index (χ3n) is 2.19. The molecule has 5 heteroatoms. The molecule has 0 saturated carbocycles. The molecule has 1 heterocycles. The van der Waals surface area contributed by atoms with Crippen LogP contribution in [0.5, 0.6) is 0 Å². The number of aliphatic imine (C=N–C) groups is 1. The van der Waals surface area contributed by atoms with E-state index in [0.717, 1.165) is 5.57 Å². The van der Waals surface area contributed by atoms with E-state index < -0.39 is 5.60 Å². The number of carbonyl (C=O) groups excluding carboxylic acids is 1. The molecule has 0 atom stereocenters. The zero-order chi connectivity index (χ0) is 13.8. The number of hydrogen-bond donors (Lipinski definition) is 1. The van der Waals surface area contributed by atoms with Crippen LogP contribution >= 0.6 is 0 Å². The Morgan fingerprint density at radius 3 is 2.67 bits per heavy atom. The Balaban J connectivity index is 2.62. The van der Waals surface area contributed by atoms with Gasteiger partial charge in [-0.1, -0.05) is 6.08 Å². The average molecular weight is 251 g/mol. The molecular weight excluding hydrogens is 230 g/mol. The van der Waals surface area contributed by atoms with Gasteiger partial charge in [0.1, 0.15) is 11.4 Å². The van der Waals surface area contributed by atoms with Crippen molar-refractivity contribution in [1.82, 2.24) is 4.90 Å². The van der Waals surface area contributed by atoms with E-state index in [4.69, 9.17) is 10.5 Å². The summed E-state index contributed by atoms with van der Waals surface area (Å²) in [4.78, 5) is 17.4. The second-order valence-electron chi connectivity index (χ2n) is 4.97. The third kappa shape index (κ3) is 4.24. The van der Waals surface area contributed by atoms with E-state index >= 15 is 0 Å². The predicted molar refractivity (Wildman–Crippen MR) is 72.3 cm³/mol. The SMILES string of the molecule is CCN=C(N)C1=CCN(C(=O)OC(C)(C)C)C=C1. The van der Waals surface area contributed by atoms with Crippen LogP contribution in [0.1, 0.15) is 27.7 Å². The van der Waals surface area contributed by atoms with E-state index in [-0.39, 0.29) is 6.09 Å². The summed E-state index contributed by atoms with van der Waals surface area (Å²) in [6.45, 7) is 8.53. The van der Waals surface area contributed by atoms with Gasteiger partial charge in [0.15, 0.2) is 0 Å². The van der Waals surface area contributed by atoms with Gasteiger partial charge in [0.25, 0.3) is 0 Å². The van der Waals surface area contributed by atoms with E-state index in [1.165, 1.54) is 4.90 Å². The van der Waals surface area contributed by atoms with Gasteiger partial charge in [0, 0.05) is 24.9 Å². The first-order chi connectivity index (χ1) is 8.33. The van der Waals surface area contributed by atoms with Gasteiger partial charge in [-0.3, -0.25) is 9.89 Å². The van der Waals surface area contributed by atoms with Gasteiger partial charge in [0.05, 0.1) is 0 Å². The first-order valence-electron chi connectivity index (χ1n) is 6.01. The average Bonchev–Trinajstić information content (AvgIpc) is 2.27. The Morgan fingerprint density at radius 1 is 1.56 bits per heavy atom. The van der Waals surface area contributed by atoms with Crippen LogP contribution in [-0.4, -0.2) is 35.5 Å². The number of carbonyl (C=O) groups is 1. The fraction of sp³-hybridized carbons (Fsp3) is 0.538. The van der Waals surface area contributed by atoms with Crippen LogP contribution in [0.15, 0.2) is 28.9 Å². The fourth-order valence-electron chi connectivity index (χ4n) is 1.40. The number of nitrogens with two attached hydrogens (primary N) is 1. The van der Waals surface area contributed by atoms with Crippen LogP contribution < -0.4 is 5.73 Å². The van der Waals surface area contributed by atoms with Crippen LogP contribution in [0.25, 0.3) is 0 Å². The van der Waals surface area contributed by atoms with Crippen molar-refractivity contribution < 1.29 is 9.53 Å². The molecular formula is C13H21N3O2. The van der Waals surface area contributed by atoms with Gasteiger partial charge < -0.3 is 10.5 Å². The van der Waals surface area contributed by atoms with Crippen LogP contribution in [0.3, 0.4) is 0 Å². The van der Waals surface area contributed by atoms with Gasteiger partial charge in [-0.05, 0) is 33.8 Å². The standard InChI is InChI=1S/C13H21N3O2/c1-5-15-11(14)10-6-8-16(9-7-10)12(17)18-13(2,3)4/h6-8H,5,9H2,1-4H3,(H2,14,15). The van der Waals surface area contributed by atoms with Gasteiger partial charge in [-0.15, -0.1) is 0 Å². The molecule has 0 fully saturated rings. The second-order valence-corrected chi connectivity index (χ2v) is 4.97. The number of amides is 1.